The Morgan fingerprint density at radius 1 is 0.735 bits per heavy atom. The summed E-state index contributed by atoms with van der Waals surface area (Å²) < 4.78 is 11.7. The fraction of sp³-hybridized carbons (Fsp3) is 0.929. The van der Waals surface area contributed by atoms with Crippen molar-refractivity contribution >= 4 is 11.9 Å². The molecule has 0 radical (unpaired) electrons. The third-order valence-corrected chi connectivity index (χ3v) is 7.56. The molecule has 2 N–H and O–H groups in total. The van der Waals surface area contributed by atoms with Gasteiger partial charge in [0.1, 0.15) is 12.2 Å². The highest BCUT2D eigenvalue weighted by atomic mass is 16.5. The van der Waals surface area contributed by atoms with E-state index in [1.165, 1.54) is 0 Å². The quantitative estimate of drug-likeness (QED) is 0.305. The van der Waals surface area contributed by atoms with Gasteiger partial charge in [-0.2, -0.15) is 0 Å². The van der Waals surface area contributed by atoms with Gasteiger partial charge in [0.25, 0.3) is 0 Å². The van der Waals surface area contributed by atoms with Gasteiger partial charge in [0.2, 0.25) is 0 Å². The molecule has 0 aromatic heterocycles. The normalized spacial score (nSPS) is 29.4. The molecule has 4 atom stereocenters. The van der Waals surface area contributed by atoms with Crippen molar-refractivity contribution in [1.29, 1.82) is 0 Å². The Morgan fingerprint density at radius 3 is 1.65 bits per heavy atom. The number of carbonyl (C=O) groups excluding carboxylic acids is 2. The zero-order chi connectivity index (χ0) is 25.5. The Morgan fingerprint density at radius 2 is 1.18 bits per heavy atom. The van der Waals surface area contributed by atoms with E-state index in [1.54, 1.807) is 0 Å². The fourth-order valence-corrected chi connectivity index (χ4v) is 5.39. The molecule has 2 fully saturated rings. The molecule has 0 aromatic rings. The van der Waals surface area contributed by atoms with Gasteiger partial charge in [-0.15, -0.1) is 0 Å². The molecule has 2 rings (SSSR count). The first-order valence-electron chi connectivity index (χ1n) is 13.8. The molecule has 4 unspecified atom stereocenters. The van der Waals surface area contributed by atoms with Crippen molar-refractivity contribution in [3.8, 4) is 0 Å². The molecule has 0 spiro atoms. The topological polar surface area (TPSA) is 76.7 Å². The van der Waals surface area contributed by atoms with Crippen LogP contribution < -0.4 is 10.6 Å². The minimum absolute atomic E-state index is 0.00688. The minimum atomic E-state index is -0.109. The number of ether oxygens (including phenoxy) is 2. The summed E-state index contributed by atoms with van der Waals surface area (Å²) in [5.41, 5.74) is -0.0166. The van der Waals surface area contributed by atoms with E-state index in [0.29, 0.717) is 48.7 Å². The van der Waals surface area contributed by atoms with Gasteiger partial charge >= 0.3 is 11.9 Å². The summed E-state index contributed by atoms with van der Waals surface area (Å²) in [6, 6.07) is 1.16. The Labute approximate surface area is 208 Å². The van der Waals surface area contributed by atoms with Crippen LogP contribution in [0.15, 0.2) is 0 Å². The van der Waals surface area contributed by atoms with E-state index in [-0.39, 0.29) is 29.7 Å². The number of nitrogens with one attached hydrogen (secondary N) is 2. The van der Waals surface area contributed by atoms with E-state index in [1.807, 2.05) is 0 Å². The second-order valence-electron chi connectivity index (χ2n) is 12.4. The lowest BCUT2D eigenvalue weighted by Crippen LogP contribution is -2.56. The van der Waals surface area contributed by atoms with Gasteiger partial charge in [-0.05, 0) is 44.4 Å². The maximum atomic E-state index is 12.4. The summed E-state index contributed by atoms with van der Waals surface area (Å²) in [5.74, 6) is 1.35. The third kappa shape index (κ3) is 9.85. The van der Waals surface area contributed by atoms with Gasteiger partial charge in [-0.1, -0.05) is 48.0 Å². The predicted octanol–water partition coefficient (Wildman–Crippen LogP) is 5.38. The molecule has 0 amide bonds. The van der Waals surface area contributed by atoms with E-state index in [0.717, 1.165) is 44.9 Å². The van der Waals surface area contributed by atoms with E-state index >= 15 is 0 Å². The van der Waals surface area contributed by atoms with E-state index < -0.39 is 0 Å². The van der Waals surface area contributed by atoms with Crippen molar-refractivity contribution in [2.75, 3.05) is 0 Å². The van der Waals surface area contributed by atoms with Crippen LogP contribution >= 0.6 is 0 Å². The zero-order valence-electron chi connectivity index (χ0n) is 23.1. The first kappa shape index (κ1) is 29.1. The first-order valence-corrected chi connectivity index (χ1v) is 13.8. The molecular formula is C28H52N2O4. The van der Waals surface area contributed by atoms with Gasteiger partial charge < -0.3 is 20.1 Å². The highest BCUT2D eigenvalue weighted by Gasteiger charge is 2.36. The Bertz CT molecular complexity index is 630. The van der Waals surface area contributed by atoms with Crippen LogP contribution in [0.1, 0.15) is 113 Å². The second kappa shape index (κ2) is 13.2. The maximum absolute atomic E-state index is 12.4. The number of esters is 2. The van der Waals surface area contributed by atoms with E-state index in [2.05, 4.69) is 66.0 Å². The van der Waals surface area contributed by atoms with Gasteiger partial charge in [-0.3, -0.25) is 9.59 Å². The predicted molar refractivity (Wildman–Crippen MR) is 138 cm³/mol. The first-order chi connectivity index (χ1) is 15.9. The van der Waals surface area contributed by atoms with Crippen LogP contribution in [0.5, 0.6) is 0 Å². The molecule has 2 aliphatic heterocycles. The molecule has 0 aromatic carbocycles. The molecule has 6 nitrogen and oxygen atoms in total. The van der Waals surface area contributed by atoms with Gasteiger partial charge in [0, 0.05) is 62.2 Å². The Hall–Kier alpha value is -1.14. The van der Waals surface area contributed by atoms with Crippen molar-refractivity contribution in [2.24, 2.45) is 17.8 Å². The molecule has 2 heterocycles. The van der Waals surface area contributed by atoms with Gasteiger partial charge in [0.15, 0.2) is 0 Å². The maximum Gasteiger partial charge on any atom is 0.306 e. The number of unbranched alkanes of at least 4 members (excludes halogenated alkanes) is 2. The molecule has 2 aliphatic rings. The van der Waals surface area contributed by atoms with Crippen LogP contribution in [0.2, 0.25) is 0 Å². The van der Waals surface area contributed by atoms with Crippen LogP contribution in [0, 0.1) is 17.8 Å². The number of rotatable bonds is 11. The lowest BCUT2D eigenvalue weighted by molar-refractivity contribution is -0.152. The molecule has 6 heteroatoms. The molecule has 0 bridgehead atoms. The lowest BCUT2D eigenvalue weighted by atomic mass is 9.83. The Balaban J connectivity index is 1.65. The molecule has 0 aliphatic carbocycles. The van der Waals surface area contributed by atoms with Crippen molar-refractivity contribution in [1.82, 2.24) is 10.6 Å². The molecule has 0 saturated carbocycles. The van der Waals surface area contributed by atoms with E-state index in [4.69, 9.17) is 9.47 Å². The smallest absolute Gasteiger partial charge is 0.306 e. The summed E-state index contributed by atoms with van der Waals surface area (Å²) in [4.78, 5) is 24.8. The van der Waals surface area contributed by atoms with E-state index in [9.17, 15) is 9.59 Å². The largest absolute Gasteiger partial charge is 0.462 e. The SMILES string of the molecule is CC(C)C1CC(OC(=O)CCCCCC(=O)OC2CC(C(C)C)NC(C)(C)C2)CC(C(C)C)N1. The van der Waals surface area contributed by atoms with Crippen molar-refractivity contribution in [3.63, 3.8) is 0 Å². The van der Waals surface area contributed by atoms with Crippen LogP contribution in [0.4, 0.5) is 0 Å². The van der Waals surface area contributed by atoms with Crippen LogP contribution in [0.25, 0.3) is 0 Å². The summed E-state index contributed by atoms with van der Waals surface area (Å²) in [7, 11) is 0. The molecule has 198 valence electrons. The average Bonchev–Trinajstić information content (AvgIpc) is 2.71. The summed E-state index contributed by atoms with van der Waals surface area (Å²) >= 11 is 0. The highest BCUT2D eigenvalue weighted by molar-refractivity contribution is 5.70. The number of hydrogen-bond acceptors (Lipinski definition) is 6. The van der Waals surface area contributed by atoms with Gasteiger partial charge in [-0.25, -0.2) is 0 Å². The minimum Gasteiger partial charge on any atom is -0.462 e. The fourth-order valence-electron chi connectivity index (χ4n) is 5.39. The second-order valence-corrected chi connectivity index (χ2v) is 12.4. The Kier molecular flexibility index (Phi) is 11.3. The molecular weight excluding hydrogens is 428 g/mol. The van der Waals surface area contributed by atoms with Crippen LogP contribution in [-0.2, 0) is 19.1 Å². The monoisotopic (exact) mass is 480 g/mol. The lowest BCUT2D eigenvalue weighted by Gasteiger charge is -2.42. The van der Waals surface area contributed by atoms with Crippen molar-refractivity contribution in [2.45, 2.75) is 149 Å². The summed E-state index contributed by atoms with van der Waals surface area (Å²) in [6.45, 7) is 17.7. The number of hydrogen-bond donors (Lipinski definition) is 2. The summed E-state index contributed by atoms with van der Waals surface area (Å²) in [6.07, 6.45) is 6.71. The number of carbonyl (C=O) groups is 2. The molecule has 2 saturated heterocycles. The number of piperidine rings is 2. The zero-order valence-corrected chi connectivity index (χ0v) is 23.1. The van der Waals surface area contributed by atoms with Crippen LogP contribution in [-0.4, -0.2) is 47.8 Å². The highest BCUT2D eigenvalue weighted by Crippen LogP contribution is 2.28. The van der Waals surface area contributed by atoms with Crippen molar-refractivity contribution in [3.05, 3.63) is 0 Å². The van der Waals surface area contributed by atoms with Crippen molar-refractivity contribution < 1.29 is 19.1 Å². The third-order valence-electron chi connectivity index (χ3n) is 7.56. The van der Waals surface area contributed by atoms with Gasteiger partial charge in [0.05, 0.1) is 0 Å². The standard InChI is InChI=1S/C28H52N2O4/c1-18(2)23-14-21(15-24(29-23)19(3)4)33-26(31)12-10-9-11-13-27(32)34-22-16-25(20(5)6)30-28(7,8)17-22/h18-25,29-30H,9-17H2,1-8H3. The molecule has 34 heavy (non-hydrogen) atoms. The average molecular weight is 481 g/mol. The van der Waals surface area contributed by atoms with Crippen LogP contribution in [0.3, 0.4) is 0 Å². The summed E-state index contributed by atoms with van der Waals surface area (Å²) in [5, 5.41) is 7.40.